The molecule has 0 saturated heterocycles. The fourth-order valence-electron chi connectivity index (χ4n) is 2.46. The first kappa shape index (κ1) is 12.8. The van der Waals surface area contributed by atoms with Crippen molar-refractivity contribution >= 4 is 28.6 Å². The molecule has 0 fully saturated rings. The molecule has 0 bridgehead atoms. The minimum absolute atomic E-state index is 0.0963. The van der Waals surface area contributed by atoms with Gasteiger partial charge in [-0.15, -0.1) is 0 Å². The summed E-state index contributed by atoms with van der Waals surface area (Å²) in [5.41, 5.74) is 10.5. The Balaban J connectivity index is 2.45. The van der Waals surface area contributed by atoms with Gasteiger partial charge in [-0.3, -0.25) is 19.7 Å². The third-order valence-corrected chi connectivity index (χ3v) is 3.45. The van der Waals surface area contributed by atoms with E-state index in [4.69, 9.17) is 11.5 Å². The van der Waals surface area contributed by atoms with Crippen LogP contribution in [0.15, 0.2) is 30.3 Å². The number of nitrogens with zero attached hydrogens (tertiary/aromatic N) is 1. The lowest BCUT2D eigenvalue weighted by atomic mass is 9.82. The molecule has 0 unspecified atom stereocenters. The molecule has 1 aliphatic carbocycles. The predicted molar refractivity (Wildman–Crippen MR) is 75.2 cm³/mol. The van der Waals surface area contributed by atoms with Gasteiger partial charge < -0.3 is 11.5 Å². The molecular weight excluding hydrogens is 274 g/mol. The van der Waals surface area contributed by atoms with E-state index in [-0.39, 0.29) is 33.6 Å². The second kappa shape index (κ2) is 4.14. The third-order valence-electron chi connectivity index (χ3n) is 3.45. The highest BCUT2D eigenvalue weighted by Crippen LogP contribution is 2.39. The summed E-state index contributed by atoms with van der Waals surface area (Å²) in [4.78, 5) is 35.4. The number of nitro groups is 1. The van der Waals surface area contributed by atoms with E-state index in [0.717, 1.165) is 6.07 Å². The summed E-state index contributed by atoms with van der Waals surface area (Å²) in [5.74, 6) is -1.13. The van der Waals surface area contributed by atoms with Crippen LogP contribution in [-0.2, 0) is 0 Å². The number of nitro benzene ring substituents is 1. The average molecular weight is 283 g/mol. The Morgan fingerprint density at radius 2 is 1.48 bits per heavy atom. The molecule has 0 heterocycles. The fourth-order valence-corrected chi connectivity index (χ4v) is 2.46. The Morgan fingerprint density at radius 1 is 0.952 bits per heavy atom. The number of nitrogens with two attached hydrogens (primary N) is 2. The van der Waals surface area contributed by atoms with Crippen LogP contribution in [0.5, 0.6) is 0 Å². The van der Waals surface area contributed by atoms with Gasteiger partial charge in [0.1, 0.15) is 5.56 Å². The van der Waals surface area contributed by atoms with E-state index in [2.05, 4.69) is 0 Å². The quantitative estimate of drug-likeness (QED) is 0.396. The molecule has 0 amide bonds. The zero-order valence-electron chi connectivity index (χ0n) is 10.6. The minimum Gasteiger partial charge on any atom is -0.397 e. The molecule has 0 saturated carbocycles. The number of anilines is 2. The Hall–Kier alpha value is -3.22. The number of carbonyl (C=O) groups is 2. The number of carbonyl (C=O) groups excluding carboxylic acids is 2. The molecule has 104 valence electrons. The minimum atomic E-state index is -0.742. The van der Waals surface area contributed by atoms with Crippen LogP contribution >= 0.6 is 0 Å². The predicted octanol–water partition coefficient (Wildman–Crippen LogP) is 1.53. The fraction of sp³-hybridized carbons (Fsp3) is 0. The monoisotopic (exact) mass is 283 g/mol. The van der Waals surface area contributed by atoms with Crippen LogP contribution in [0.25, 0.3) is 0 Å². The second-order valence-corrected chi connectivity index (χ2v) is 4.61. The molecule has 0 spiro atoms. The number of hydrogen-bond donors (Lipinski definition) is 2. The van der Waals surface area contributed by atoms with Gasteiger partial charge in [0.2, 0.25) is 5.78 Å². The second-order valence-electron chi connectivity index (χ2n) is 4.61. The SMILES string of the molecule is Nc1cc([N+](=O)[O-])c2c(c1N)C(=O)c1ccccc1C2=O. The van der Waals surface area contributed by atoms with E-state index < -0.39 is 22.2 Å². The topological polar surface area (TPSA) is 129 Å². The van der Waals surface area contributed by atoms with Gasteiger partial charge in [0.25, 0.3) is 5.69 Å². The van der Waals surface area contributed by atoms with Crippen LogP contribution in [0.1, 0.15) is 31.8 Å². The molecular formula is C14H9N3O4. The number of fused-ring (bicyclic) bond motifs is 2. The van der Waals surface area contributed by atoms with Gasteiger partial charge >= 0.3 is 0 Å². The van der Waals surface area contributed by atoms with Gasteiger partial charge in [-0.25, -0.2) is 0 Å². The maximum atomic E-state index is 12.5. The molecule has 2 aromatic carbocycles. The molecule has 0 atom stereocenters. The van der Waals surface area contributed by atoms with Crippen LogP contribution in [0.3, 0.4) is 0 Å². The maximum absolute atomic E-state index is 12.5. The van der Waals surface area contributed by atoms with Crippen LogP contribution < -0.4 is 11.5 Å². The van der Waals surface area contributed by atoms with Crippen molar-refractivity contribution in [3.05, 3.63) is 62.7 Å². The van der Waals surface area contributed by atoms with Gasteiger partial charge in [0.15, 0.2) is 5.78 Å². The summed E-state index contributed by atoms with van der Waals surface area (Å²) in [6, 6.07) is 7.13. The zero-order chi connectivity index (χ0) is 15.3. The number of rotatable bonds is 1. The summed E-state index contributed by atoms with van der Waals surface area (Å²) in [6.07, 6.45) is 0. The van der Waals surface area contributed by atoms with E-state index >= 15 is 0 Å². The number of hydrogen-bond acceptors (Lipinski definition) is 6. The molecule has 1 aliphatic rings. The maximum Gasteiger partial charge on any atom is 0.283 e. The van der Waals surface area contributed by atoms with Gasteiger partial charge in [-0.05, 0) is 0 Å². The molecule has 0 radical (unpaired) electrons. The van der Waals surface area contributed by atoms with Crippen LogP contribution in [-0.4, -0.2) is 16.5 Å². The van der Waals surface area contributed by atoms with Crippen molar-refractivity contribution in [1.29, 1.82) is 0 Å². The lowest BCUT2D eigenvalue weighted by Crippen LogP contribution is -2.24. The van der Waals surface area contributed by atoms with Crippen LogP contribution in [0.2, 0.25) is 0 Å². The Labute approximate surface area is 118 Å². The molecule has 3 rings (SSSR count). The average Bonchev–Trinajstić information content (AvgIpc) is 2.47. The van der Waals surface area contributed by atoms with E-state index in [9.17, 15) is 19.7 Å². The van der Waals surface area contributed by atoms with Crippen LogP contribution in [0.4, 0.5) is 17.1 Å². The molecule has 7 nitrogen and oxygen atoms in total. The highest BCUT2D eigenvalue weighted by molar-refractivity contribution is 6.32. The Morgan fingerprint density at radius 3 is 2.00 bits per heavy atom. The van der Waals surface area contributed by atoms with Crippen LogP contribution in [0, 0.1) is 10.1 Å². The summed E-state index contributed by atoms with van der Waals surface area (Å²) in [7, 11) is 0. The number of ketones is 2. The highest BCUT2D eigenvalue weighted by atomic mass is 16.6. The lowest BCUT2D eigenvalue weighted by Gasteiger charge is -2.19. The van der Waals surface area contributed by atoms with Crippen molar-refractivity contribution in [2.24, 2.45) is 0 Å². The summed E-state index contributed by atoms with van der Waals surface area (Å²) >= 11 is 0. The first-order valence-corrected chi connectivity index (χ1v) is 5.98. The third kappa shape index (κ3) is 1.61. The van der Waals surface area contributed by atoms with Crippen molar-refractivity contribution in [3.8, 4) is 0 Å². The highest BCUT2D eigenvalue weighted by Gasteiger charge is 2.37. The molecule has 0 aliphatic heterocycles. The van der Waals surface area contributed by atoms with Crippen molar-refractivity contribution in [3.63, 3.8) is 0 Å². The smallest absolute Gasteiger partial charge is 0.283 e. The summed E-state index contributed by atoms with van der Waals surface area (Å²) in [6.45, 7) is 0. The summed E-state index contributed by atoms with van der Waals surface area (Å²) < 4.78 is 0. The molecule has 21 heavy (non-hydrogen) atoms. The number of nitrogen functional groups attached to an aromatic ring is 2. The molecule has 4 N–H and O–H groups in total. The Bertz CT molecular complexity index is 842. The molecule has 2 aromatic rings. The molecule has 0 aromatic heterocycles. The van der Waals surface area contributed by atoms with Crippen molar-refractivity contribution in [2.75, 3.05) is 11.5 Å². The van der Waals surface area contributed by atoms with E-state index in [1.54, 1.807) is 12.1 Å². The normalized spacial score (nSPS) is 12.8. The van der Waals surface area contributed by atoms with E-state index in [1.807, 2.05) is 0 Å². The largest absolute Gasteiger partial charge is 0.397 e. The zero-order valence-corrected chi connectivity index (χ0v) is 10.6. The van der Waals surface area contributed by atoms with Crippen molar-refractivity contribution in [1.82, 2.24) is 0 Å². The van der Waals surface area contributed by atoms with E-state index in [0.29, 0.717) is 0 Å². The standard InChI is InChI=1S/C14H9N3O4/c15-8-5-9(17(20)21)10-11(12(8)16)14(19)7-4-2-1-3-6(7)13(10)18/h1-5H,15-16H2. The first-order valence-electron chi connectivity index (χ1n) is 5.98. The van der Waals surface area contributed by atoms with Gasteiger partial charge in [0, 0.05) is 17.2 Å². The van der Waals surface area contributed by atoms with Crippen molar-refractivity contribution in [2.45, 2.75) is 0 Å². The first-order chi connectivity index (χ1) is 9.93. The lowest BCUT2D eigenvalue weighted by molar-refractivity contribution is -0.385. The summed E-state index contributed by atoms with van der Waals surface area (Å²) in [5, 5.41) is 11.1. The molecule has 7 heteroatoms. The van der Waals surface area contributed by atoms with Gasteiger partial charge in [-0.2, -0.15) is 0 Å². The van der Waals surface area contributed by atoms with Crippen molar-refractivity contribution < 1.29 is 14.5 Å². The Kier molecular flexibility index (Phi) is 2.52. The van der Waals surface area contributed by atoms with E-state index in [1.165, 1.54) is 12.1 Å². The van der Waals surface area contributed by atoms with Gasteiger partial charge in [0.05, 0.1) is 21.9 Å². The van der Waals surface area contributed by atoms with Gasteiger partial charge in [-0.1, -0.05) is 24.3 Å². The number of benzene rings is 2.